The van der Waals surface area contributed by atoms with Gasteiger partial charge in [0.15, 0.2) is 5.78 Å². The average molecular weight is 379 g/mol. The molecule has 0 heterocycles. The summed E-state index contributed by atoms with van der Waals surface area (Å²) in [5, 5.41) is 0. The second-order valence-corrected chi connectivity index (χ2v) is 9.66. The van der Waals surface area contributed by atoms with Crippen molar-refractivity contribution in [3.8, 4) is 0 Å². The lowest BCUT2D eigenvalue weighted by molar-refractivity contribution is 0.103. The highest BCUT2D eigenvalue weighted by Gasteiger charge is 2.25. The highest BCUT2D eigenvalue weighted by Crippen LogP contribution is 2.34. The predicted octanol–water partition coefficient (Wildman–Crippen LogP) is 7.69. The van der Waals surface area contributed by atoms with Gasteiger partial charge in [-0.15, -0.1) is 0 Å². The molecule has 2 rings (SSSR count). The maximum absolute atomic E-state index is 13.3. The molecule has 0 spiro atoms. The molecule has 0 atom stereocenters. The van der Waals surface area contributed by atoms with Crippen LogP contribution >= 0.6 is 0 Å². The third-order valence-electron chi connectivity index (χ3n) is 6.21. The van der Waals surface area contributed by atoms with Crippen molar-refractivity contribution in [2.75, 3.05) is 0 Å². The molecule has 2 aromatic carbocycles. The van der Waals surface area contributed by atoms with Crippen molar-refractivity contribution in [3.05, 3.63) is 69.8 Å². The molecule has 152 valence electrons. The minimum absolute atomic E-state index is 0.0800. The van der Waals surface area contributed by atoms with Crippen LogP contribution in [-0.4, -0.2) is 5.78 Å². The van der Waals surface area contributed by atoms with Crippen molar-refractivity contribution in [1.82, 2.24) is 0 Å². The van der Waals surface area contributed by atoms with Crippen LogP contribution in [0.5, 0.6) is 0 Å². The topological polar surface area (TPSA) is 17.1 Å². The summed E-state index contributed by atoms with van der Waals surface area (Å²) < 4.78 is 0. The number of hydrogen-bond acceptors (Lipinski definition) is 1. The Hall–Kier alpha value is -1.89. The molecule has 0 amide bonds. The molecule has 0 aliphatic heterocycles. The van der Waals surface area contributed by atoms with Gasteiger partial charge < -0.3 is 0 Å². The minimum atomic E-state index is 0.0800. The number of carbonyl (C=O) groups is 1. The lowest BCUT2D eigenvalue weighted by Gasteiger charge is -2.28. The Kier molecular flexibility index (Phi) is 6.91. The molecule has 0 bridgehead atoms. The summed E-state index contributed by atoms with van der Waals surface area (Å²) >= 11 is 0. The van der Waals surface area contributed by atoms with Crippen LogP contribution in [0.2, 0.25) is 0 Å². The fourth-order valence-electron chi connectivity index (χ4n) is 4.67. The highest BCUT2D eigenvalue weighted by atomic mass is 16.1. The van der Waals surface area contributed by atoms with E-state index in [0.717, 1.165) is 36.8 Å². The third-order valence-corrected chi connectivity index (χ3v) is 6.21. The highest BCUT2D eigenvalue weighted by molar-refractivity contribution is 6.09. The van der Waals surface area contributed by atoms with Gasteiger partial charge in [-0.25, -0.2) is 0 Å². The molecule has 0 saturated carbocycles. The Morgan fingerprint density at radius 2 is 1.07 bits per heavy atom. The van der Waals surface area contributed by atoms with Crippen LogP contribution in [0, 0.1) is 13.8 Å². The molecule has 0 aliphatic rings. The normalized spacial score (nSPS) is 12.3. The molecular weight excluding hydrogens is 340 g/mol. The van der Waals surface area contributed by atoms with E-state index in [-0.39, 0.29) is 16.6 Å². The van der Waals surface area contributed by atoms with E-state index in [4.69, 9.17) is 0 Å². The van der Waals surface area contributed by atoms with Gasteiger partial charge >= 0.3 is 0 Å². The van der Waals surface area contributed by atoms with Gasteiger partial charge in [-0.3, -0.25) is 4.79 Å². The standard InChI is InChI=1S/C27H38O/c1-9-15-26(5,6)23-17-21(13-11-19(23)3)25(28)22-14-12-20(4)24(18-22)27(7,8)16-10-2/h11-14,17-18H,9-10,15-16H2,1-8H3. The van der Waals surface area contributed by atoms with Gasteiger partial charge in [0.1, 0.15) is 0 Å². The van der Waals surface area contributed by atoms with Crippen LogP contribution in [0.15, 0.2) is 36.4 Å². The fraction of sp³-hybridized carbons (Fsp3) is 0.519. The van der Waals surface area contributed by atoms with Gasteiger partial charge in [0.25, 0.3) is 0 Å². The summed E-state index contributed by atoms with van der Waals surface area (Å²) in [6, 6.07) is 12.4. The van der Waals surface area contributed by atoms with Crippen LogP contribution in [0.4, 0.5) is 0 Å². The first kappa shape index (κ1) is 22.4. The van der Waals surface area contributed by atoms with Crippen LogP contribution in [-0.2, 0) is 10.8 Å². The zero-order chi connectivity index (χ0) is 21.1. The minimum Gasteiger partial charge on any atom is -0.289 e. The zero-order valence-electron chi connectivity index (χ0n) is 19.2. The maximum atomic E-state index is 13.3. The zero-order valence-corrected chi connectivity index (χ0v) is 19.2. The van der Waals surface area contributed by atoms with E-state index in [1.54, 1.807) is 0 Å². The fourth-order valence-corrected chi connectivity index (χ4v) is 4.67. The van der Waals surface area contributed by atoms with Gasteiger partial charge in [-0.1, -0.05) is 78.6 Å². The first-order chi connectivity index (χ1) is 13.0. The van der Waals surface area contributed by atoms with Crippen molar-refractivity contribution < 1.29 is 4.79 Å². The number of hydrogen-bond donors (Lipinski definition) is 0. The van der Waals surface area contributed by atoms with E-state index in [9.17, 15) is 4.79 Å². The quantitative estimate of drug-likeness (QED) is 0.430. The third kappa shape index (κ3) is 4.74. The van der Waals surface area contributed by atoms with Crippen LogP contribution in [0.1, 0.15) is 105 Å². The summed E-state index contributed by atoms with van der Waals surface area (Å²) in [5.41, 5.74) is 6.87. The van der Waals surface area contributed by atoms with Gasteiger partial charge in [0.05, 0.1) is 0 Å². The Balaban J connectivity index is 2.47. The first-order valence-electron chi connectivity index (χ1n) is 10.8. The van der Waals surface area contributed by atoms with Crippen molar-refractivity contribution in [1.29, 1.82) is 0 Å². The van der Waals surface area contributed by atoms with E-state index < -0.39 is 0 Å². The Morgan fingerprint density at radius 1 is 0.714 bits per heavy atom. The monoisotopic (exact) mass is 378 g/mol. The summed E-state index contributed by atoms with van der Waals surface area (Å²) in [4.78, 5) is 13.3. The molecule has 0 saturated heterocycles. The second kappa shape index (κ2) is 8.64. The van der Waals surface area contributed by atoms with Crippen LogP contribution in [0.25, 0.3) is 0 Å². The molecule has 0 unspecified atom stereocenters. The van der Waals surface area contributed by atoms with Crippen molar-refractivity contribution in [3.63, 3.8) is 0 Å². The first-order valence-corrected chi connectivity index (χ1v) is 10.8. The molecule has 2 aromatic rings. The largest absolute Gasteiger partial charge is 0.289 e. The van der Waals surface area contributed by atoms with E-state index in [1.807, 2.05) is 12.1 Å². The van der Waals surface area contributed by atoms with Crippen LogP contribution < -0.4 is 0 Å². The van der Waals surface area contributed by atoms with Gasteiger partial charge in [0, 0.05) is 11.1 Å². The van der Waals surface area contributed by atoms with E-state index >= 15 is 0 Å². The number of carbonyl (C=O) groups excluding carboxylic acids is 1. The maximum Gasteiger partial charge on any atom is 0.193 e. The molecular formula is C27H38O. The Bertz CT molecular complexity index is 770. The van der Waals surface area contributed by atoms with Crippen molar-refractivity contribution in [2.45, 2.75) is 91.9 Å². The lowest BCUT2D eigenvalue weighted by atomic mass is 9.76. The van der Waals surface area contributed by atoms with E-state index in [0.29, 0.717) is 0 Å². The molecule has 1 heteroatoms. The lowest BCUT2D eigenvalue weighted by Crippen LogP contribution is -2.20. The molecule has 0 fully saturated rings. The number of ketones is 1. The van der Waals surface area contributed by atoms with E-state index in [2.05, 4.69) is 79.7 Å². The summed E-state index contributed by atoms with van der Waals surface area (Å²) in [6.45, 7) is 17.9. The Morgan fingerprint density at radius 3 is 1.39 bits per heavy atom. The molecule has 0 aromatic heterocycles. The molecule has 1 nitrogen and oxygen atoms in total. The summed E-state index contributed by atoms with van der Waals surface area (Å²) in [6.07, 6.45) is 4.51. The van der Waals surface area contributed by atoms with Gasteiger partial charge in [-0.2, -0.15) is 0 Å². The smallest absolute Gasteiger partial charge is 0.193 e. The number of aryl methyl sites for hydroxylation is 2. The molecule has 0 aliphatic carbocycles. The van der Waals surface area contributed by atoms with E-state index in [1.165, 1.54) is 22.3 Å². The number of rotatable bonds is 8. The molecule has 28 heavy (non-hydrogen) atoms. The predicted molar refractivity (Wildman–Crippen MR) is 122 cm³/mol. The number of benzene rings is 2. The second-order valence-electron chi connectivity index (χ2n) is 9.66. The van der Waals surface area contributed by atoms with Gasteiger partial charge in [0.2, 0.25) is 0 Å². The van der Waals surface area contributed by atoms with Gasteiger partial charge in [-0.05, 0) is 71.9 Å². The summed E-state index contributed by atoms with van der Waals surface area (Å²) in [7, 11) is 0. The molecule has 0 N–H and O–H groups in total. The summed E-state index contributed by atoms with van der Waals surface area (Å²) in [5.74, 6) is 0.127. The average Bonchev–Trinajstić information content (AvgIpc) is 2.61. The Labute approximate surface area is 172 Å². The van der Waals surface area contributed by atoms with Crippen molar-refractivity contribution in [2.24, 2.45) is 0 Å². The SMILES string of the molecule is CCCC(C)(C)c1cc(C(=O)c2ccc(C)c(C(C)(C)CCC)c2)ccc1C. The molecule has 0 radical (unpaired) electrons. The van der Waals surface area contributed by atoms with Crippen molar-refractivity contribution >= 4 is 5.78 Å². The van der Waals surface area contributed by atoms with Crippen LogP contribution in [0.3, 0.4) is 0 Å².